The van der Waals surface area contributed by atoms with Gasteiger partial charge in [0.2, 0.25) is 0 Å². The molecule has 0 saturated carbocycles. The third-order valence-electron chi connectivity index (χ3n) is 3.08. The van der Waals surface area contributed by atoms with Crippen LogP contribution in [0.25, 0.3) is 0 Å². The fraction of sp³-hybridized carbons (Fsp3) is 0.600. The Morgan fingerprint density at radius 3 is 2.44 bits per heavy atom. The molecule has 0 aliphatic rings. The number of hydrogen-bond acceptors (Lipinski definition) is 3. The van der Waals surface area contributed by atoms with Crippen LogP contribution in [0.5, 0.6) is 0 Å². The number of nitrogens with one attached hydrogen (secondary N) is 1. The lowest BCUT2D eigenvalue weighted by atomic mass is 10.2. The van der Waals surface area contributed by atoms with Crippen molar-refractivity contribution in [3.63, 3.8) is 0 Å². The van der Waals surface area contributed by atoms with Gasteiger partial charge in [0.15, 0.2) is 0 Å². The summed E-state index contributed by atoms with van der Waals surface area (Å²) in [6.45, 7) is 3.10. The van der Waals surface area contributed by atoms with Crippen LogP contribution in [-0.2, 0) is 0 Å². The van der Waals surface area contributed by atoms with Crippen molar-refractivity contribution in [3.05, 3.63) is 30.3 Å². The molecule has 1 aromatic rings. The lowest BCUT2D eigenvalue weighted by molar-refractivity contribution is 0.292. The van der Waals surface area contributed by atoms with Gasteiger partial charge in [-0.25, -0.2) is 0 Å². The second-order valence-corrected chi connectivity index (χ2v) is 4.64. The normalized spacial score (nSPS) is 10.6. The number of nitrogens with zero attached hydrogens (tertiary/aromatic N) is 1. The number of aliphatic hydroxyl groups is 1. The van der Waals surface area contributed by atoms with Gasteiger partial charge in [0, 0.05) is 25.8 Å². The maximum atomic E-state index is 8.61. The largest absolute Gasteiger partial charge is 0.395 e. The molecule has 0 bridgehead atoms. The Balaban J connectivity index is 1.98. The number of para-hydroxylation sites is 1. The monoisotopic (exact) mass is 250 g/mol. The van der Waals surface area contributed by atoms with Gasteiger partial charge in [0.05, 0.1) is 6.61 Å². The number of aliphatic hydroxyl groups excluding tert-OH is 1. The van der Waals surface area contributed by atoms with E-state index in [4.69, 9.17) is 5.11 Å². The Morgan fingerprint density at radius 2 is 1.72 bits per heavy atom. The van der Waals surface area contributed by atoms with Gasteiger partial charge < -0.3 is 15.3 Å². The Morgan fingerprint density at radius 1 is 1.00 bits per heavy atom. The van der Waals surface area contributed by atoms with Crippen LogP contribution in [-0.4, -0.2) is 38.4 Å². The van der Waals surface area contributed by atoms with Gasteiger partial charge in [-0.1, -0.05) is 31.0 Å². The van der Waals surface area contributed by atoms with E-state index in [0.717, 1.165) is 19.6 Å². The minimum Gasteiger partial charge on any atom is -0.395 e. The summed E-state index contributed by atoms with van der Waals surface area (Å²) >= 11 is 0. The smallest absolute Gasteiger partial charge is 0.0555 e. The van der Waals surface area contributed by atoms with Gasteiger partial charge in [-0.3, -0.25) is 0 Å². The molecular weight excluding hydrogens is 224 g/mol. The SMILES string of the molecule is CN(CCCCCCNCCO)c1ccccc1. The van der Waals surface area contributed by atoms with Gasteiger partial charge in [-0.05, 0) is 31.5 Å². The number of anilines is 1. The quantitative estimate of drug-likeness (QED) is 0.625. The molecule has 18 heavy (non-hydrogen) atoms. The van der Waals surface area contributed by atoms with Crippen LogP contribution in [0.4, 0.5) is 5.69 Å². The highest BCUT2D eigenvalue weighted by Gasteiger charge is 1.98. The van der Waals surface area contributed by atoms with Crippen LogP contribution in [0.15, 0.2) is 30.3 Å². The summed E-state index contributed by atoms with van der Waals surface area (Å²) in [5.41, 5.74) is 1.29. The second kappa shape index (κ2) is 9.92. The maximum Gasteiger partial charge on any atom is 0.0555 e. The van der Waals surface area contributed by atoms with Crippen molar-refractivity contribution < 1.29 is 5.11 Å². The summed E-state index contributed by atoms with van der Waals surface area (Å²) < 4.78 is 0. The van der Waals surface area contributed by atoms with Crippen molar-refractivity contribution in [2.75, 3.05) is 38.2 Å². The zero-order valence-corrected chi connectivity index (χ0v) is 11.4. The minimum atomic E-state index is 0.238. The van der Waals surface area contributed by atoms with Gasteiger partial charge in [0.1, 0.15) is 0 Å². The Hall–Kier alpha value is -1.06. The van der Waals surface area contributed by atoms with Crippen molar-refractivity contribution in [1.29, 1.82) is 0 Å². The molecule has 1 rings (SSSR count). The van der Waals surface area contributed by atoms with Crippen LogP contribution in [0.2, 0.25) is 0 Å². The van der Waals surface area contributed by atoms with E-state index < -0.39 is 0 Å². The van der Waals surface area contributed by atoms with Gasteiger partial charge in [-0.15, -0.1) is 0 Å². The van der Waals surface area contributed by atoms with Gasteiger partial charge in [0.25, 0.3) is 0 Å². The molecule has 0 aliphatic carbocycles. The van der Waals surface area contributed by atoms with Crippen LogP contribution < -0.4 is 10.2 Å². The first-order valence-electron chi connectivity index (χ1n) is 6.92. The molecule has 1 aromatic carbocycles. The van der Waals surface area contributed by atoms with Crippen molar-refractivity contribution in [3.8, 4) is 0 Å². The Bertz CT molecular complexity index is 290. The predicted molar refractivity (Wildman–Crippen MR) is 78.1 cm³/mol. The minimum absolute atomic E-state index is 0.238. The molecule has 3 heteroatoms. The molecule has 0 fully saturated rings. The molecule has 0 atom stereocenters. The average molecular weight is 250 g/mol. The van der Waals surface area contributed by atoms with Crippen LogP contribution >= 0.6 is 0 Å². The summed E-state index contributed by atoms with van der Waals surface area (Å²) in [5, 5.41) is 11.8. The first-order chi connectivity index (χ1) is 8.84. The summed E-state index contributed by atoms with van der Waals surface area (Å²) in [4.78, 5) is 2.31. The van der Waals surface area contributed by atoms with E-state index in [0.29, 0.717) is 0 Å². The van der Waals surface area contributed by atoms with E-state index in [-0.39, 0.29) is 6.61 Å². The number of benzene rings is 1. The molecule has 0 radical (unpaired) electrons. The van der Waals surface area contributed by atoms with Crippen LogP contribution in [0.1, 0.15) is 25.7 Å². The Labute approximate surface area is 111 Å². The topological polar surface area (TPSA) is 35.5 Å². The van der Waals surface area contributed by atoms with E-state index in [1.165, 1.54) is 31.4 Å². The molecule has 0 heterocycles. The molecular formula is C15H26N2O. The highest BCUT2D eigenvalue weighted by Crippen LogP contribution is 2.12. The summed E-state index contributed by atoms with van der Waals surface area (Å²) in [7, 11) is 2.15. The molecule has 0 aliphatic heterocycles. The lowest BCUT2D eigenvalue weighted by Crippen LogP contribution is -2.20. The highest BCUT2D eigenvalue weighted by atomic mass is 16.3. The third kappa shape index (κ3) is 6.62. The van der Waals surface area contributed by atoms with Crippen molar-refractivity contribution in [2.24, 2.45) is 0 Å². The molecule has 0 amide bonds. The first-order valence-corrected chi connectivity index (χ1v) is 6.92. The molecule has 0 aromatic heterocycles. The third-order valence-corrected chi connectivity index (χ3v) is 3.08. The molecule has 0 unspecified atom stereocenters. The van der Waals surface area contributed by atoms with E-state index in [2.05, 4.69) is 47.6 Å². The fourth-order valence-corrected chi connectivity index (χ4v) is 1.97. The number of unbranched alkanes of at least 4 members (excludes halogenated alkanes) is 3. The summed E-state index contributed by atoms with van der Waals surface area (Å²) in [6.07, 6.45) is 4.99. The Kier molecular flexibility index (Phi) is 8.26. The van der Waals surface area contributed by atoms with Crippen molar-refractivity contribution >= 4 is 5.69 Å². The molecule has 102 valence electrons. The van der Waals surface area contributed by atoms with Gasteiger partial charge >= 0.3 is 0 Å². The molecule has 0 spiro atoms. The first kappa shape index (κ1) is 15.0. The van der Waals surface area contributed by atoms with Crippen LogP contribution in [0.3, 0.4) is 0 Å². The molecule has 0 saturated heterocycles. The zero-order valence-electron chi connectivity index (χ0n) is 11.4. The van der Waals surface area contributed by atoms with Crippen LogP contribution in [0, 0.1) is 0 Å². The average Bonchev–Trinajstić information content (AvgIpc) is 2.42. The lowest BCUT2D eigenvalue weighted by Gasteiger charge is -2.18. The second-order valence-electron chi connectivity index (χ2n) is 4.64. The number of hydrogen-bond donors (Lipinski definition) is 2. The maximum absolute atomic E-state index is 8.61. The standard InChI is InChI=1S/C15H26N2O/c1-17(15-9-5-4-6-10-15)13-8-3-2-7-11-16-12-14-18/h4-6,9-10,16,18H,2-3,7-8,11-14H2,1H3. The van der Waals surface area contributed by atoms with E-state index in [9.17, 15) is 0 Å². The van der Waals surface area contributed by atoms with E-state index in [1.807, 2.05) is 0 Å². The van der Waals surface area contributed by atoms with Gasteiger partial charge in [-0.2, -0.15) is 0 Å². The number of rotatable bonds is 10. The highest BCUT2D eigenvalue weighted by molar-refractivity contribution is 5.44. The molecule has 2 N–H and O–H groups in total. The van der Waals surface area contributed by atoms with Crippen molar-refractivity contribution in [2.45, 2.75) is 25.7 Å². The summed E-state index contributed by atoms with van der Waals surface area (Å²) in [5.74, 6) is 0. The predicted octanol–water partition coefficient (Wildman–Crippen LogP) is 2.27. The molecule has 3 nitrogen and oxygen atoms in total. The fourth-order valence-electron chi connectivity index (χ4n) is 1.97. The zero-order chi connectivity index (χ0) is 13.1. The summed E-state index contributed by atoms with van der Waals surface area (Å²) in [6, 6.07) is 10.5. The van der Waals surface area contributed by atoms with E-state index in [1.54, 1.807) is 0 Å². The van der Waals surface area contributed by atoms with E-state index >= 15 is 0 Å². The van der Waals surface area contributed by atoms with Crippen molar-refractivity contribution in [1.82, 2.24) is 5.32 Å².